The van der Waals surface area contributed by atoms with Crippen molar-refractivity contribution in [3.05, 3.63) is 76.2 Å². The number of carbonyl (C=O) groups is 2. The fourth-order valence-electron chi connectivity index (χ4n) is 5.90. The Morgan fingerprint density at radius 1 is 1.11 bits per heavy atom. The third kappa shape index (κ3) is 4.74. The summed E-state index contributed by atoms with van der Waals surface area (Å²) >= 11 is 6.19. The molecule has 7 nitrogen and oxygen atoms in total. The minimum Gasteiger partial charge on any atom is -0.364 e. The van der Waals surface area contributed by atoms with Crippen LogP contribution in [0.1, 0.15) is 59.9 Å². The zero-order chi connectivity index (χ0) is 26.3. The lowest BCUT2D eigenvalue weighted by atomic mass is 9.87. The van der Waals surface area contributed by atoms with Crippen LogP contribution in [-0.4, -0.2) is 39.0 Å². The zero-order valence-electron chi connectivity index (χ0n) is 21.2. The predicted octanol–water partition coefficient (Wildman–Crippen LogP) is 4.42. The number of aromatic nitrogens is 3. The van der Waals surface area contributed by atoms with Crippen LogP contribution >= 0.6 is 11.6 Å². The molecule has 1 saturated carbocycles. The Hall–Kier alpha value is -3.63. The van der Waals surface area contributed by atoms with Gasteiger partial charge in [0.1, 0.15) is 11.5 Å². The minimum atomic E-state index is -0.591. The number of hydrogen-bond acceptors (Lipinski definition) is 5. The average molecular weight is 516 g/mol. The summed E-state index contributed by atoms with van der Waals surface area (Å²) in [7, 11) is 0. The molecule has 1 saturated heterocycles. The van der Waals surface area contributed by atoms with Crippen molar-refractivity contribution >= 4 is 29.1 Å². The molecule has 190 valence electrons. The van der Waals surface area contributed by atoms with Crippen LogP contribution < -0.4 is 10.6 Å². The number of anilines is 1. The van der Waals surface area contributed by atoms with Gasteiger partial charge < -0.3 is 10.6 Å². The van der Waals surface area contributed by atoms with Crippen LogP contribution in [0, 0.1) is 36.5 Å². The Kier molecular flexibility index (Phi) is 6.78. The fraction of sp³-hybridized carbons (Fsp3) is 0.379. The highest BCUT2D eigenvalue weighted by Gasteiger charge is 2.52. The van der Waals surface area contributed by atoms with Crippen molar-refractivity contribution in [1.29, 1.82) is 0 Å². The standard InChI is InChI=1S/C29H30ClN5O2/c1-17(2)27(36)25-23-13-22(35-26(28(31)37)24(30)15-33-35)12-21(23)16-34(25)29-18(3)11-20(14-32-29)10-9-19-7-5-4-6-8-19/h4-8,11,14-15,17,21-23,25H,12-13,16H2,1-3H3,(H2,31,37)/t21-,22+,23+,25+/m1/s1. The van der Waals surface area contributed by atoms with Crippen molar-refractivity contribution in [3.8, 4) is 11.8 Å². The molecule has 8 heteroatoms. The molecule has 2 N–H and O–H groups in total. The molecular weight excluding hydrogens is 486 g/mol. The molecule has 2 aliphatic rings. The Balaban J connectivity index is 1.42. The van der Waals surface area contributed by atoms with Gasteiger partial charge in [-0.3, -0.25) is 14.3 Å². The Morgan fingerprint density at radius 3 is 2.51 bits per heavy atom. The molecule has 1 aliphatic heterocycles. The highest BCUT2D eigenvalue weighted by Crippen LogP contribution is 2.49. The molecule has 2 aromatic heterocycles. The summed E-state index contributed by atoms with van der Waals surface area (Å²) in [4.78, 5) is 32.5. The number of nitrogens with zero attached hydrogens (tertiary/aromatic N) is 4. The van der Waals surface area contributed by atoms with E-state index in [-0.39, 0.29) is 46.3 Å². The molecule has 1 aliphatic carbocycles. The van der Waals surface area contributed by atoms with E-state index in [1.165, 1.54) is 6.20 Å². The quantitative estimate of drug-likeness (QED) is 0.508. The molecule has 1 amide bonds. The van der Waals surface area contributed by atoms with E-state index in [9.17, 15) is 9.59 Å². The van der Waals surface area contributed by atoms with Gasteiger partial charge in [0.05, 0.1) is 23.3 Å². The molecule has 0 spiro atoms. The van der Waals surface area contributed by atoms with Gasteiger partial charge in [0.15, 0.2) is 5.78 Å². The SMILES string of the molecule is Cc1cc(C#Cc2ccccc2)cnc1N1C[C@H]2C[C@H](n3ncc(Cl)c3C(N)=O)C[C@@H]2[C@H]1C(=O)C(C)C. The summed E-state index contributed by atoms with van der Waals surface area (Å²) in [6, 6.07) is 11.6. The number of benzene rings is 1. The van der Waals surface area contributed by atoms with Crippen molar-refractivity contribution in [2.45, 2.75) is 45.7 Å². The number of primary amides is 1. The normalized spacial score (nSPS) is 22.6. The third-order valence-corrected chi connectivity index (χ3v) is 7.81. The number of fused-ring (bicyclic) bond motifs is 1. The summed E-state index contributed by atoms with van der Waals surface area (Å²) in [6.07, 6.45) is 4.77. The van der Waals surface area contributed by atoms with Crippen molar-refractivity contribution in [1.82, 2.24) is 14.8 Å². The van der Waals surface area contributed by atoms with Gasteiger partial charge in [0.25, 0.3) is 5.91 Å². The molecule has 1 aromatic carbocycles. The monoisotopic (exact) mass is 515 g/mol. The van der Waals surface area contributed by atoms with Crippen LogP contribution in [-0.2, 0) is 4.79 Å². The van der Waals surface area contributed by atoms with E-state index in [1.807, 2.05) is 57.2 Å². The van der Waals surface area contributed by atoms with E-state index in [4.69, 9.17) is 22.3 Å². The molecule has 3 heterocycles. The predicted molar refractivity (Wildman–Crippen MR) is 143 cm³/mol. The molecule has 2 fully saturated rings. The maximum Gasteiger partial charge on any atom is 0.268 e. The number of rotatable bonds is 5. The molecule has 37 heavy (non-hydrogen) atoms. The van der Waals surface area contributed by atoms with E-state index in [2.05, 4.69) is 21.8 Å². The maximum absolute atomic E-state index is 13.5. The number of Topliss-reactive ketones (excluding diaryl/α,β-unsaturated/α-hetero) is 1. The lowest BCUT2D eigenvalue weighted by Gasteiger charge is -2.31. The topological polar surface area (TPSA) is 94.1 Å². The second kappa shape index (κ2) is 10.0. The van der Waals surface area contributed by atoms with E-state index in [0.29, 0.717) is 6.54 Å². The van der Waals surface area contributed by atoms with Gasteiger partial charge in [-0.2, -0.15) is 5.10 Å². The number of ketones is 1. The van der Waals surface area contributed by atoms with Crippen LogP contribution in [0.2, 0.25) is 5.02 Å². The van der Waals surface area contributed by atoms with Gasteiger partial charge in [0.2, 0.25) is 0 Å². The van der Waals surface area contributed by atoms with Gasteiger partial charge in [-0.15, -0.1) is 0 Å². The molecular formula is C29H30ClN5O2. The number of aryl methyl sites for hydroxylation is 1. The first-order valence-electron chi connectivity index (χ1n) is 12.6. The highest BCUT2D eigenvalue weighted by atomic mass is 35.5. The zero-order valence-corrected chi connectivity index (χ0v) is 21.9. The molecule has 4 atom stereocenters. The summed E-state index contributed by atoms with van der Waals surface area (Å²) in [5.41, 5.74) is 8.59. The van der Waals surface area contributed by atoms with E-state index >= 15 is 0 Å². The van der Waals surface area contributed by atoms with Gasteiger partial charge in [-0.25, -0.2) is 4.98 Å². The van der Waals surface area contributed by atoms with E-state index in [1.54, 1.807) is 10.9 Å². The van der Waals surface area contributed by atoms with Gasteiger partial charge in [-0.05, 0) is 55.4 Å². The molecule has 0 bridgehead atoms. The van der Waals surface area contributed by atoms with E-state index < -0.39 is 5.91 Å². The summed E-state index contributed by atoms with van der Waals surface area (Å²) in [5.74, 6) is 7.10. The van der Waals surface area contributed by atoms with Gasteiger partial charge >= 0.3 is 0 Å². The summed E-state index contributed by atoms with van der Waals surface area (Å²) in [6.45, 7) is 6.63. The number of carbonyl (C=O) groups excluding carboxylic acids is 2. The second-order valence-electron chi connectivity index (χ2n) is 10.3. The first-order valence-corrected chi connectivity index (χ1v) is 13.0. The second-order valence-corrected chi connectivity index (χ2v) is 10.7. The van der Waals surface area contributed by atoms with Crippen molar-refractivity contribution in [2.75, 3.05) is 11.4 Å². The Labute approximate surface area is 222 Å². The van der Waals surface area contributed by atoms with Crippen LogP contribution in [0.3, 0.4) is 0 Å². The van der Waals surface area contributed by atoms with Crippen LogP contribution in [0.25, 0.3) is 0 Å². The minimum absolute atomic E-state index is 0.0284. The number of hydrogen-bond donors (Lipinski definition) is 1. The average Bonchev–Trinajstić information content (AvgIpc) is 3.55. The third-order valence-electron chi connectivity index (χ3n) is 7.54. The van der Waals surface area contributed by atoms with Crippen molar-refractivity contribution in [2.24, 2.45) is 23.5 Å². The summed E-state index contributed by atoms with van der Waals surface area (Å²) in [5, 5.41) is 4.61. The maximum atomic E-state index is 13.5. The number of amides is 1. The number of halogens is 1. The highest BCUT2D eigenvalue weighted by molar-refractivity contribution is 6.33. The summed E-state index contributed by atoms with van der Waals surface area (Å²) < 4.78 is 1.66. The molecule has 3 aromatic rings. The molecule has 0 unspecified atom stereocenters. The van der Waals surface area contributed by atoms with Crippen molar-refractivity contribution in [3.63, 3.8) is 0 Å². The Morgan fingerprint density at radius 2 is 1.84 bits per heavy atom. The first-order chi connectivity index (χ1) is 17.7. The van der Waals surface area contributed by atoms with Gasteiger partial charge in [0, 0.05) is 29.8 Å². The van der Waals surface area contributed by atoms with Crippen LogP contribution in [0.5, 0.6) is 0 Å². The first kappa shape index (κ1) is 25.0. The van der Waals surface area contributed by atoms with Crippen molar-refractivity contribution < 1.29 is 9.59 Å². The van der Waals surface area contributed by atoms with Crippen LogP contribution in [0.4, 0.5) is 5.82 Å². The largest absolute Gasteiger partial charge is 0.364 e. The van der Waals surface area contributed by atoms with Gasteiger partial charge in [-0.1, -0.05) is 55.5 Å². The fourth-order valence-corrected chi connectivity index (χ4v) is 6.12. The Bertz CT molecular complexity index is 1400. The van der Waals surface area contributed by atoms with E-state index in [0.717, 1.165) is 35.3 Å². The lowest BCUT2D eigenvalue weighted by molar-refractivity contribution is -0.124. The number of nitrogens with two attached hydrogens (primary N) is 1. The number of pyridine rings is 1. The van der Waals surface area contributed by atoms with Crippen LogP contribution in [0.15, 0.2) is 48.8 Å². The lowest BCUT2D eigenvalue weighted by Crippen LogP contribution is -2.43. The molecule has 0 radical (unpaired) electrons. The smallest absolute Gasteiger partial charge is 0.268 e. The molecule has 5 rings (SSSR count).